The Hall–Kier alpha value is -2.54. The molecule has 10 heteroatoms. The summed E-state index contributed by atoms with van der Waals surface area (Å²) in [6, 6.07) is 2.44. The van der Waals surface area contributed by atoms with Gasteiger partial charge in [0.15, 0.2) is 0 Å². The average Bonchev–Trinajstić information content (AvgIpc) is 3.02. The van der Waals surface area contributed by atoms with E-state index in [1.54, 1.807) is 38.5 Å². The Labute approximate surface area is 174 Å². The number of H-pyrrole nitrogens is 1. The van der Waals surface area contributed by atoms with E-state index in [9.17, 15) is 18.0 Å². The van der Waals surface area contributed by atoms with E-state index in [0.717, 1.165) is 20.2 Å². The van der Waals surface area contributed by atoms with Crippen LogP contribution in [0.3, 0.4) is 0 Å². The molecule has 1 amide bonds. The first-order chi connectivity index (χ1) is 13.6. The molecular formula is C19H21AsF3N5O. The molecule has 3 aromatic heterocycles. The fourth-order valence-electron chi connectivity index (χ4n) is 3.38. The molecule has 3 N–H and O–H groups in total. The minimum atomic E-state index is -4.51. The third-order valence-corrected chi connectivity index (χ3v) is 5.19. The molecule has 2 atom stereocenters. The van der Waals surface area contributed by atoms with Gasteiger partial charge in [0.25, 0.3) is 0 Å². The van der Waals surface area contributed by atoms with Crippen LogP contribution in [0.25, 0.3) is 22.2 Å². The molecule has 0 fully saturated rings. The van der Waals surface area contributed by atoms with Crippen LogP contribution in [0.5, 0.6) is 0 Å². The van der Waals surface area contributed by atoms with Gasteiger partial charge in [-0.2, -0.15) is 0 Å². The van der Waals surface area contributed by atoms with Crippen LogP contribution in [-0.4, -0.2) is 56.5 Å². The van der Waals surface area contributed by atoms with E-state index in [-0.39, 0.29) is 5.69 Å². The number of alkyl halides is 3. The second kappa shape index (κ2) is 8.06. The monoisotopic (exact) mass is 467 g/mol. The maximum absolute atomic E-state index is 13.3. The first kappa shape index (κ1) is 21.2. The number of carbonyl (C=O) groups excluding carboxylic acids is 1. The molecule has 0 aliphatic rings. The van der Waals surface area contributed by atoms with Gasteiger partial charge in [0, 0.05) is 0 Å². The van der Waals surface area contributed by atoms with Crippen molar-refractivity contribution < 1.29 is 18.0 Å². The molecule has 3 heterocycles. The summed E-state index contributed by atoms with van der Waals surface area (Å²) in [5, 5.41) is 0.850. The minimum absolute atomic E-state index is 0.177. The number of hydrogen-bond acceptors (Lipinski definition) is 4. The number of anilines is 1. The number of aromatic amines is 1. The zero-order valence-corrected chi connectivity index (χ0v) is 18.3. The van der Waals surface area contributed by atoms with Crippen LogP contribution < -0.4 is 15.0 Å². The number of pyridine rings is 2. The van der Waals surface area contributed by atoms with E-state index < -0.39 is 30.6 Å². The summed E-state index contributed by atoms with van der Waals surface area (Å²) in [6.07, 6.45) is 1.87. The van der Waals surface area contributed by atoms with Gasteiger partial charge in [-0.25, -0.2) is 0 Å². The van der Waals surface area contributed by atoms with Gasteiger partial charge < -0.3 is 0 Å². The van der Waals surface area contributed by atoms with Gasteiger partial charge in [-0.15, -0.1) is 0 Å². The van der Waals surface area contributed by atoms with Gasteiger partial charge in [-0.1, -0.05) is 0 Å². The van der Waals surface area contributed by atoms with Gasteiger partial charge in [0.1, 0.15) is 0 Å². The third kappa shape index (κ3) is 4.72. The summed E-state index contributed by atoms with van der Waals surface area (Å²) in [6.45, 7) is 2.01. The number of hydrogen-bond donors (Lipinski definition) is 2. The number of aromatic nitrogens is 3. The Kier molecular flexibility index (Phi) is 5.89. The summed E-state index contributed by atoms with van der Waals surface area (Å²) in [7, 11) is 0. The van der Waals surface area contributed by atoms with Crippen LogP contribution in [0, 0.1) is 5.92 Å². The topological polar surface area (TPSA) is 87.9 Å². The molecule has 0 spiro atoms. The molecule has 3 rings (SSSR count). The molecule has 3 aromatic rings. The summed E-state index contributed by atoms with van der Waals surface area (Å²) in [5.41, 5.74) is 7.68. The summed E-state index contributed by atoms with van der Waals surface area (Å²) >= 11 is 1.42. The number of nitrogens with two attached hydrogens (primary N) is 1. The first-order valence-corrected chi connectivity index (χ1v) is 10.1. The molecule has 6 nitrogen and oxygen atoms in total. The van der Waals surface area contributed by atoms with Gasteiger partial charge in [0.2, 0.25) is 0 Å². The van der Waals surface area contributed by atoms with Crippen LogP contribution in [-0.2, 0) is 4.79 Å². The first-order valence-electron chi connectivity index (χ1n) is 8.87. The van der Waals surface area contributed by atoms with Crippen molar-refractivity contribution in [2.45, 2.75) is 26.1 Å². The number of fused-ring (bicyclic) bond motifs is 1. The fourth-order valence-corrected chi connectivity index (χ4v) is 3.88. The van der Waals surface area contributed by atoms with Crippen molar-refractivity contribution in [3.63, 3.8) is 0 Å². The molecule has 0 bridgehead atoms. The quantitative estimate of drug-likeness (QED) is 0.541. The number of amides is 1. The molecule has 0 aromatic carbocycles. The van der Waals surface area contributed by atoms with E-state index in [1.807, 2.05) is 6.07 Å². The van der Waals surface area contributed by atoms with Gasteiger partial charge in [-0.05, 0) is 0 Å². The molecule has 0 saturated heterocycles. The normalized spacial score (nSPS) is 13.1. The Morgan fingerprint density at radius 1 is 1.28 bits per heavy atom. The number of halogens is 3. The average molecular weight is 467 g/mol. The van der Waals surface area contributed by atoms with Gasteiger partial charge in [-0.3, -0.25) is 0 Å². The van der Waals surface area contributed by atoms with Gasteiger partial charge in [0.05, 0.1) is 0 Å². The number of primary amides is 1. The van der Waals surface area contributed by atoms with Crippen LogP contribution in [0.4, 0.5) is 18.9 Å². The number of nitrogens with one attached hydrogen (secondary N) is 1. The van der Waals surface area contributed by atoms with Crippen molar-refractivity contribution in [3.05, 3.63) is 36.9 Å². The van der Waals surface area contributed by atoms with Crippen LogP contribution in [0.1, 0.15) is 13.8 Å². The van der Waals surface area contributed by atoms with Crippen molar-refractivity contribution in [2.24, 2.45) is 11.7 Å². The summed E-state index contributed by atoms with van der Waals surface area (Å²) in [5.74, 6) is -1.23. The van der Waals surface area contributed by atoms with Crippen LogP contribution in [0.2, 0.25) is 0 Å². The SMILES string of the molecule is CC(C)[C@@H](C(N)=O)N(CC(F)(F)F)c1cncc(-c2c[nH]c3ncc([AsH2])cc23)c1. The molecule has 29 heavy (non-hydrogen) atoms. The van der Waals surface area contributed by atoms with E-state index in [1.165, 1.54) is 23.0 Å². The van der Waals surface area contributed by atoms with E-state index in [0.29, 0.717) is 11.2 Å². The molecular weight excluding hydrogens is 446 g/mol. The van der Waals surface area contributed by atoms with E-state index in [4.69, 9.17) is 5.73 Å². The molecule has 0 radical (unpaired) electrons. The van der Waals surface area contributed by atoms with Crippen LogP contribution >= 0.6 is 0 Å². The zero-order chi connectivity index (χ0) is 21.3. The van der Waals surface area contributed by atoms with E-state index in [2.05, 4.69) is 15.0 Å². The fraction of sp³-hybridized carbons (Fsp3) is 0.316. The van der Waals surface area contributed by atoms with E-state index >= 15 is 0 Å². The van der Waals surface area contributed by atoms with Crippen molar-refractivity contribution in [1.29, 1.82) is 0 Å². The predicted octanol–water partition coefficient (Wildman–Crippen LogP) is 1.76. The summed E-state index contributed by atoms with van der Waals surface area (Å²) in [4.78, 5) is 24.4. The number of rotatable bonds is 6. The van der Waals surface area contributed by atoms with Crippen molar-refractivity contribution >= 4 is 43.8 Å². The Balaban J connectivity index is 2.10. The molecule has 1 unspecified atom stereocenters. The van der Waals surface area contributed by atoms with Crippen molar-refractivity contribution in [2.75, 3.05) is 11.4 Å². The Morgan fingerprint density at radius 3 is 2.62 bits per heavy atom. The van der Waals surface area contributed by atoms with Gasteiger partial charge >= 0.3 is 174 Å². The predicted molar refractivity (Wildman–Crippen MR) is 109 cm³/mol. The number of carbonyl (C=O) groups is 1. The van der Waals surface area contributed by atoms with Crippen molar-refractivity contribution in [1.82, 2.24) is 15.0 Å². The maximum atomic E-state index is 13.3. The summed E-state index contributed by atoms with van der Waals surface area (Å²) < 4.78 is 40.9. The second-order valence-electron chi connectivity index (χ2n) is 7.13. The molecule has 0 aliphatic carbocycles. The Morgan fingerprint density at radius 2 is 2.00 bits per heavy atom. The molecule has 0 aliphatic heterocycles. The molecule has 154 valence electrons. The Bertz CT molecular complexity index is 1030. The zero-order valence-electron chi connectivity index (χ0n) is 15.9. The third-order valence-electron chi connectivity index (χ3n) is 4.53. The van der Waals surface area contributed by atoms with Crippen LogP contribution in [0.15, 0.2) is 36.9 Å². The standard InChI is InChI=1S/C19H21AsF3N5O/c1-10(2)16(17(24)29)28(9-19(21,22)23)13-3-11(5-25-7-13)15-8-27-18-14(15)4-12(20)6-26-18/h3-8,10,16H,9,20H2,1-2H3,(H2,24,29)(H,26,27)/t16-/m0/s1. The second-order valence-corrected chi connectivity index (χ2v) is 8.53. The molecule has 0 saturated carbocycles. The van der Waals surface area contributed by atoms with Crippen molar-refractivity contribution in [3.8, 4) is 11.1 Å². The number of nitrogens with zero attached hydrogens (tertiary/aromatic N) is 3.